The Bertz CT molecular complexity index is 1490. The molecule has 0 saturated carbocycles. The van der Waals surface area contributed by atoms with Gasteiger partial charge in [-0.2, -0.15) is 0 Å². The van der Waals surface area contributed by atoms with E-state index in [1.165, 1.54) is 6.26 Å². The highest BCUT2D eigenvalue weighted by atomic mass is 32.2. The summed E-state index contributed by atoms with van der Waals surface area (Å²) in [6, 6.07) is 9.35. The van der Waals surface area contributed by atoms with Crippen LogP contribution in [0.1, 0.15) is 12.2 Å². The van der Waals surface area contributed by atoms with Crippen LogP contribution in [0.25, 0.3) is 32.5 Å². The summed E-state index contributed by atoms with van der Waals surface area (Å²) in [5.74, 6) is 0.724. The van der Waals surface area contributed by atoms with Gasteiger partial charge in [-0.25, -0.2) is 18.2 Å². The van der Waals surface area contributed by atoms with E-state index < -0.39 is 9.84 Å². The average molecular weight is 455 g/mol. The largest absolute Gasteiger partial charge is 0.329 e. The van der Waals surface area contributed by atoms with Crippen LogP contribution in [0.2, 0.25) is 0 Å². The van der Waals surface area contributed by atoms with Gasteiger partial charge < -0.3 is 4.57 Å². The van der Waals surface area contributed by atoms with Crippen molar-refractivity contribution in [1.82, 2.24) is 23.7 Å². The predicted molar refractivity (Wildman–Crippen MR) is 121 cm³/mol. The number of aromatic nitrogens is 5. The molecule has 3 aromatic heterocycles. The summed E-state index contributed by atoms with van der Waals surface area (Å²) in [6.07, 6.45) is 4.89. The van der Waals surface area contributed by atoms with E-state index in [1.54, 1.807) is 27.6 Å². The number of aryl methyl sites for hydroxylation is 1. The molecule has 0 N–H and O–H groups in total. The van der Waals surface area contributed by atoms with Gasteiger partial charge in [0.15, 0.2) is 0 Å². The molecule has 0 aliphatic carbocycles. The van der Waals surface area contributed by atoms with Gasteiger partial charge in [0.1, 0.15) is 15.7 Å². The molecule has 0 fully saturated rings. The minimum Gasteiger partial charge on any atom is -0.326 e. The van der Waals surface area contributed by atoms with Crippen molar-refractivity contribution < 1.29 is 8.42 Å². The molecule has 166 valence electrons. The van der Waals surface area contributed by atoms with Crippen LogP contribution in [-0.4, -0.2) is 50.6 Å². The number of benzene rings is 1. The minimum atomic E-state index is -3.08. The number of fused-ring (bicyclic) bond motifs is 2. The topological polar surface area (TPSA) is 141 Å². The Morgan fingerprint density at radius 2 is 1.88 bits per heavy atom. The fourth-order valence-corrected chi connectivity index (χ4v) is 4.50. The van der Waals surface area contributed by atoms with E-state index in [9.17, 15) is 13.2 Å². The number of azide groups is 1. The Morgan fingerprint density at radius 1 is 1.06 bits per heavy atom. The summed E-state index contributed by atoms with van der Waals surface area (Å²) in [6.45, 7) is 1.07. The van der Waals surface area contributed by atoms with Crippen LogP contribution in [0, 0.1) is 0 Å². The SMILES string of the molecule is CS(=O)(=O)CCCn1c(Cn2c(=O)n(CCN=[N+]=[N-])c3ccncc32)nc2ccccc21. The summed E-state index contributed by atoms with van der Waals surface area (Å²) in [7, 11) is -3.08. The number of pyridine rings is 1. The molecule has 1 aromatic carbocycles. The lowest BCUT2D eigenvalue weighted by atomic mass is 10.3. The first-order chi connectivity index (χ1) is 15.4. The van der Waals surface area contributed by atoms with Crippen LogP contribution < -0.4 is 5.69 Å². The smallest absolute Gasteiger partial charge is 0.326 e. The van der Waals surface area contributed by atoms with Crippen molar-refractivity contribution in [2.45, 2.75) is 26.1 Å². The van der Waals surface area contributed by atoms with Gasteiger partial charge in [0, 0.05) is 37.0 Å². The summed E-state index contributed by atoms with van der Waals surface area (Å²) in [4.78, 5) is 24.8. The van der Waals surface area contributed by atoms with E-state index in [0.29, 0.717) is 29.8 Å². The number of sulfone groups is 1. The summed E-state index contributed by atoms with van der Waals surface area (Å²) < 4.78 is 28.3. The van der Waals surface area contributed by atoms with E-state index in [2.05, 4.69) is 15.0 Å². The maximum absolute atomic E-state index is 13.2. The van der Waals surface area contributed by atoms with Gasteiger partial charge in [-0.1, -0.05) is 17.2 Å². The molecule has 32 heavy (non-hydrogen) atoms. The third kappa shape index (κ3) is 4.36. The van der Waals surface area contributed by atoms with Crippen molar-refractivity contribution >= 4 is 31.9 Å². The number of para-hydroxylation sites is 2. The number of nitrogens with zero attached hydrogens (tertiary/aromatic N) is 8. The van der Waals surface area contributed by atoms with Gasteiger partial charge in [-0.3, -0.25) is 14.1 Å². The lowest BCUT2D eigenvalue weighted by Crippen LogP contribution is -2.26. The molecule has 11 nitrogen and oxygen atoms in total. The Kier molecular flexibility index (Phi) is 5.97. The maximum Gasteiger partial charge on any atom is 0.329 e. The number of rotatable bonds is 9. The van der Waals surface area contributed by atoms with E-state index in [0.717, 1.165) is 11.0 Å². The zero-order chi connectivity index (χ0) is 22.7. The molecule has 12 heteroatoms. The Labute approximate surface area is 183 Å². The van der Waals surface area contributed by atoms with Crippen LogP contribution in [0.5, 0.6) is 0 Å². The van der Waals surface area contributed by atoms with Gasteiger partial charge in [-0.15, -0.1) is 0 Å². The molecular weight excluding hydrogens is 432 g/mol. The maximum atomic E-state index is 13.2. The summed E-state index contributed by atoms with van der Waals surface area (Å²) in [5, 5.41) is 3.54. The van der Waals surface area contributed by atoms with Crippen molar-refractivity contribution in [3.05, 3.63) is 69.5 Å². The van der Waals surface area contributed by atoms with Crippen LogP contribution in [0.4, 0.5) is 0 Å². The highest BCUT2D eigenvalue weighted by Crippen LogP contribution is 2.19. The van der Waals surface area contributed by atoms with Crippen LogP contribution >= 0.6 is 0 Å². The lowest BCUT2D eigenvalue weighted by molar-refractivity contribution is 0.583. The second kappa shape index (κ2) is 8.85. The van der Waals surface area contributed by atoms with E-state index in [-0.39, 0.29) is 31.1 Å². The Hall–Kier alpha value is -3.63. The normalized spacial score (nSPS) is 11.8. The number of imidazole rings is 2. The zero-order valence-corrected chi connectivity index (χ0v) is 18.3. The zero-order valence-electron chi connectivity index (χ0n) is 17.5. The van der Waals surface area contributed by atoms with E-state index >= 15 is 0 Å². The first kappa shape index (κ1) is 21.6. The average Bonchev–Trinajstić information content (AvgIpc) is 3.24. The molecule has 0 radical (unpaired) electrons. The predicted octanol–water partition coefficient (Wildman–Crippen LogP) is 2.34. The Morgan fingerprint density at radius 3 is 2.66 bits per heavy atom. The number of hydrogen-bond acceptors (Lipinski definition) is 6. The number of hydrogen-bond donors (Lipinski definition) is 0. The molecule has 0 bridgehead atoms. The summed E-state index contributed by atoms with van der Waals surface area (Å²) in [5.41, 5.74) is 11.3. The van der Waals surface area contributed by atoms with Crippen molar-refractivity contribution in [1.29, 1.82) is 0 Å². The third-order valence-corrected chi connectivity index (χ3v) is 6.27. The highest BCUT2D eigenvalue weighted by molar-refractivity contribution is 7.90. The molecule has 4 rings (SSSR count). The Balaban J connectivity index is 1.76. The standard InChI is InChI=1S/C20H22N8O3S/c1-32(30,31)12-4-10-26-16-6-3-2-5-15(16)24-19(26)14-28-18-13-22-8-7-17(18)27(20(28)29)11-9-23-25-21/h2-3,5-8,13H,4,9-12,14H2,1H3. The molecule has 0 spiro atoms. The van der Waals surface area contributed by atoms with Crippen LogP contribution in [0.15, 0.2) is 52.6 Å². The van der Waals surface area contributed by atoms with Gasteiger partial charge >= 0.3 is 5.69 Å². The second-order valence-corrected chi connectivity index (χ2v) is 9.75. The third-order valence-electron chi connectivity index (χ3n) is 5.24. The summed E-state index contributed by atoms with van der Waals surface area (Å²) >= 11 is 0. The van der Waals surface area contributed by atoms with Crippen molar-refractivity contribution in [2.75, 3.05) is 18.6 Å². The molecule has 0 aliphatic rings. The first-order valence-electron chi connectivity index (χ1n) is 10.0. The highest BCUT2D eigenvalue weighted by Gasteiger charge is 2.17. The molecule has 4 aromatic rings. The quantitative estimate of drug-likeness (QED) is 0.217. The fraction of sp³-hybridized carbons (Fsp3) is 0.350. The molecule has 0 unspecified atom stereocenters. The molecule has 3 heterocycles. The molecule has 0 saturated heterocycles. The fourth-order valence-electron chi connectivity index (χ4n) is 3.85. The van der Waals surface area contributed by atoms with Gasteiger partial charge in [0.25, 0.3) is 0 Å². The van der Waals surface area contributed by atoms with E-state index in [4.69, 9.17) is 10.5 Å². The minimum absolute atomic E-state index is 0.0710. The lowest BCUT2D eigenvalue weighted by Gasteiger charge is -2.10. The molecule has 0 atom stereocenters. The van der Waals surface area contributed by atoms with Crippen LogP contribution in [0.3, 0.4) is 0 Å². The van der Waals surface area contributed by atoms with Crippen molar-refractivity contribution in [3.8, 4) is 0 Å². The molecule has 0 amide bonds. The van der Waals surface area contributed by atoms with Crippen LogP contribution in [-0.2, 0) is 29.5 Å². The molecule has 0 aliphatic heterocycles. The second-order valence-electron chi connectivity index (χ2n) is 7.49. The monoisotopic (exact) mass is 454 g/mol. The molecular formula is C20H22N8O3S. The van der Waals surface area contributed by atoms with Crippen molar-refractivity contribution in [3.63, 3.8) is 0 Å². The van der Waals surface area contributed by atoms with E-state index in [1.807, 2.05) is 28.8 Å². The van der Waals surface area contributed by atoms with Gasteiger partial charge in [0.2, 0.25) is 0 Å². The van der Waals surface area contributed by atoms with Crippen molar-refractivity contribution in [2.24, 2.45) is 5.11 Å². The van der Waals surface area contributed by atoms with Gasteiger partial charge in [-0.05, 0) is 30.2 Å². The first-order valence-corrected chi connectivity index (χ1v) is 12.1. The van der Waals surface area contributed by atoms with Gasteiger partial charge in [0.05, 0.1) is 40.6 Å².